The number of hydrogen-bond donors (Lipinski definition) is 1. The number of rotatable bonds is 8. The highest BCUT2D eigenvalue weighted by molar-refractivity contribution is 5.95. The summed E-state index contributed by atoms with van der Waals surface area (Å²) < 4.78 is 42.2. The predicted octanol–water partition coefficient (Wildman–Crippen LogP) is 3.57. The average molecular weight is 527 g/mol. The van der Waals surface area contributed by atoms with Crippen LogP contribution in [0.5, 0.6) is 0 Å². The number of nitrogens with one attached hydrogen (secondary N) is 1. The number of carbonyl (C=O) groups excluding carboxylic acids is 1. The number of benzene rings is 1. The standard InChI is InChI=1S/C25H28F2N8O3/c1-33(2)24(36)15-4-5-19(17(26)12-15)30-22-21-18(27)13-35(23(21)29-14-28-22)16-6-9-34(10-7-16)25-31-20(32-38-25)8-11-37-3/h4-5,12-14,16H,6-11H2,1-3H3,(H,28,29,30). The molecule has 0 atom stereocenters. The Morgan fingerprint density at radius 3 is 2.71 bits per heavy atom. The minimum atomic E-state index is -0.650. The van der Waals surface area contributed by atoms with Crippen molar-refractivity contribution < 1.29 is 22.8 Å². The molecule has 1 aromatic carbocycles. The van der Waals surface area contributed by atoms with E-state index >= 15 is 4.39 Å². The first kappa shape index (κ1) is 25.5. The number of hydrogen-bond acceptors (Lipinski definition) is 9. The van der Waals surface area contributed by atoms with Crippen molar-refractivity contribution in [1.82, 2.24) is 29.6 Å². The monoisotopic (exact) mass is 526 g/mol. The van der Waals surface area contributed by atoms with Crippen LogP contribution in [-0.4, -0.2) is 76.4 Å². The SMILES string of the molecule is COCCc1noc(N2CCC(n3cc(F)c4c(Nc5ccc(C(=O)N(C)C)cc5F)ncnc43)CC2)n1. The zero-order chi connectivity index (χ0) is 26.8. The van der Waals surface area contributed by atoms with Gasteiger partial charge in [0.15, 0.2) is 11.6 Å². The van der Waals surface area contributed by atoms with Gasteiger partial charge in [0.2, 0.25) is 0 Å². The Morgan fingerprint density at radius 1 is 1.21 bits per heavy atom. The van der Waals surface area contributed by atoms with Crippen molar-refractivity contribution >= 4 is 34.5 Å². The van der Waals surface area contributed by atoms with E-state index in [9.17, 15) is 9.18 Å². The van der Waals surface area contributed by atoms with Crippen LogP contribution in [0.15, 0.2) is 35.2 Å². The van der Waals surface area contributed by atoms with E-state index in [0.717, 1.165) is 6.07 Å². The molecule has 0 saturated carbocycles. The van der Waals surface area contributed by atoms with Gasteiger partial charge >= 0.3 is 6.01 Å². The van der Waals surface area contributed by atoms with E-state index in [2.05, 4.69) is 25.4 Å². The van der Waals surface area contributed by atoms with Crippen LogP contribution in [0.25, 0.3) is 11.0 Å². The second kappa shape index (κ2) is 10.7. The number of aromatic nitrogens is 5. The summed E-state index contributed by atoms with van der Waals surface area (Å²) in [6.45, 7) is 1.81. The van der Waals surface area contributed by atoms with E-state index in [1.165, 1.54) is 29.6 Å². The molecule has 13 heteroatoms. The molecule has 1 fully saturated rings. The molecule has 1 N–H and O–H groups in total. The highest BCUT2D eigenvalue weighted by Crippen LogP contribution is 2.33. The van der Waals surface area contributed by atoms with Crippen LogP contribution in [0.2, 0.25) is 0 Å². The summed E-state index contributed by atoms with van der Waals surface area (Å²) in [6.07, 6.45) is 4.72. The maximum Gasteiger partial charge on any atom is 0.324 e. The molecule has 0 bridgehead atoms. The zero-order valence-corrected chi connectivity index (χ0v) is 21.3. The van der Waals surface area contributed by atoms with Crippen molar-refractivity contribution in [2.75, 3.05) is 51.1 Å². The van der Waals surface area contributed by atoms with Gasteiger partial charge in [0.1, 0.15) is 23.6 Å². The molecule has 0 spiro atoms. The molecular weight excluding hydrogens is 498 g/mol. The van der Waals surface area contributed by atoms with Crippen LogP contribution in [0.3, 0.4) is 0 Å². The molecule has 1 aliphatic heterocycles. The third-order valence-corrected chi connectivity index (χ3v) is 6.55. The summed E-state index contributed by atoms with van der Waals surface area (Å²) in [7, 11) is 4.80. The minimum absolute atomic E-state index is 0.00931. The van der Waals surface area contributed by atoms with E-state index in [1.54, 1.807) is 21.2 Å². The van der Waals surface area contributed by atoms with Crippen LogP contribution in [0.4, 0.5) is 26.3 Å². The number of ether oxygens (including phenoxy) is 1. The molecule has 4 aromatic rings. The molecule has 1 aliphatic rings. The summed E-state index contributed by atoms with van der Waals surface area (Å²) in [5.74, 6) is -0.744. The molecule has 200 valence electrons. The largest absolute Gasteiger partial charge is 0.384 e. The van der Waals surface area contributed by atoms with Crippen molar-refractivity contribution in [3.63, 3.8) is 0 Å². The minimum Gasteiger partial charge on any atom is -0.384 e. The fraction of sp³-hybridized carbons (Fsp3) is 0.400. The molecule has 4 heterocycles. The number of halogens is 2. The Balaban J connectivity index is 1.33. The Morgan fingerprint density at radius 2 is 2.00 bits per heavy atom. The summed E-state index contributed by atoms with van der Waals surface area (Å²) in [5, 5.41) is 7.02. The number of fused-ring (bicyclic) bond motifs is 1. The number of piperidine rings is 1. The fourth-order valence-electron chi connectivity index (χ4n) is 4.55. The van der Waals surface area contributed by atoms with Gasteiger partial charge in [-0.2, -0.15) is 4.98 Å². The first-order valence-electron chi connectivity index (χ1n) is 12.2. The van der Waals surface area contributed by atoms with Gasteiger partial charge < -0.3 is 28.9 Å². The maximum atomic E-state index is 15.2. The average Bonchev–Trinajstić information content (AvgIpc) is 3.53. The lowest BCUT2D eigenvalue weighted by molar-refractivity contribution is 0.0827. The van der Waals surface area contributed by atoms with E-state index in [1.807, 2.05) is 9.47 Å². The molecule has 1 saturated heterocycles. The van der Waals surface area contributed by atoms with Gasteiger partial charge in [0.25, 0.3) is 5.91 Å². The van der Waals surface area contributed by atoms with Gasteiger partial charge in [-0.3, -0.25) is 4.79 Å². The van der Waals surface area contributed by atoms with Gasteiger partial charge in [-0.05, 0) is 31.0 Å². The lowest BCUT2D eigenvalue weighted by Crippen LogP contribution is -2.34. The Bertz CT molecular complexity index is 1450. The van der Waals surface area contributed by atoms with Crippen molar-refractivity contribution in [3.8, 4) is 0 Å². The lowest BCUT2D eigenvalue weighted by Gasteiger charge is -2.31. The smallest absolute Gasteiger partial charge is 0.324 e. The van der Waals surface area contributed by atoms with Crippen molar-refractivity contribution in [2.24, 2.45) is 0 Å². The Hall–Kier alpha value is -4.13. The molecule has 0 radical (unpaired) electrons. The molecule has 0 aliphatic carbocycles. The first-order valence-corrected chi connectivity index (χ1v) is 12.2. The fourth-order valence-corrected chi connectivity index (χ4v) is 4.55. The normalized spacial score (nSPS) is 14.3. The van der Waals surface area contributed by atoms with Crippen LogP contribution < -0.4 is 10.2 Å². The van der Waals surface area contributed by atoms with Crippen LogP contribution in [0.1, 0.15) is 35.1 Å². The second-order valence-corrected chi connectivity index (χ2v) is 9.28. The van der Waals surface area contributed by atoms with E-state index in [4.69, 9.17) is 9.26 Å². The summed E-state index contributed by atoms with van der Waals surface area (Å²) in [5.41, 5.74) is 0.699. The highest BCUT2D eigenvalue weighted by atomic mass is 19.1. The summed E-state index contributed by atoms with van der Waals surface area (Å²) in [4.78, 5) is 28.4. The predicted molar refractivity (Wildman–Crippen MR) is 136 cm³/mol. The van der Waals surface area contributed by atoms with Gasteiger partial charge in [0, 0.05) is 58.5 Å². The zero-order valence-electron chi connectivity index (χ0n) is 21.3. The number of methoxy groups -OCH3 is 1. The van der Waals surface area contributed by atoms with Crippen LogP contribution >= 0.6 is 0 Å². The number of carbonyl (C=O) groups is 1. The third kappa shape index (κ3) is 5.01. The topological polar surface area (TPSA) is 114 Å². The van der Waals surface area contributed by atoms with Gasteiger partial charge in [-0.1, -0.05) is 5.16 Å². The molecule has 0 unspecified atom stereocenters. The highest BCUT2D eigenvalue weighted by Gasteiger charge is 2.27. The lowest BCUT2D eigenvalue weighted by atomic mass is 10.1. The number of nitrogens with zero attached hydrogens (tertiary/aromatic N) is 7. The van der Waals surface area contributed by atoms with Gasteiger partial charge in [-0.15, -0.1) is 0 Å². The second-order valence-electron chi connectivity index (χ2n) is 9.28. The molecular formula is C25H28F2N8O3. The van der Waals surface area contributed by atoms with Crippen LogP contribution in [-0.2, 0) is 11.2 Å². The van der Waals surface area contributed by atoms with Crippen LogP contribution in [0, 0.1) is 11.6 Å². The summed E-state index contributed by atoms with van der Waals surface area (Å²) >= 11 is 0. The van der Waals surface area contributed by atoms with Gasteiger partial charge in [0.05, 0.1) is 17.7 Å². The van der Waals surface area contributed by atoms with Crippen molar-refractivity contribution in [2.45, 2.75) is 25.3 Å². The van der Waals surface area contributed by atoms with Crippen molar-refractivity contribution in [3.05, 3.63) is 53.7 Å². The molecule has 38 heavy (non-hydrogen) atoms. The van der Waals surface area contributed by atoms with E-state index in [0.29, 0.717) is 56.4 Å². The Kier molecular flexibility index (Phi) is 7.18. The molecule has 11 nitrogen and oxygen atoms in total. The van der Waals surface area contributed by atoms with E-state index in [-0.39, 0.29) is 34.4 Å². The summed E-state index contributed by atoms with van der Waals surface area (Å²) in [6, 6.07) is 4.54. The Labute approximate surface area is 217 Å². The molecule has 5 rings (SSSR count). The molecule has 1 amide bonds. The number of anilines is 3. The number of amides is 1. The van der Waals surface area contributed by atoms with E-state index < -0.39 is 11.6 Å². The maximum absolute atomic E-state index is 15.2. The first-order chi connectivity index (χ1) is 18.4. The molecule has 3 aromatic heterocycles. The third-order valence-electron chi connectivity index (χ3n) is 6.55. The quantitative estimate of drug-likeness (QED) is 0.368. The van der Waals surface area contributed by atoms with Gasteiger partial charge in [-0.25, -0.2) is 18.7 Å². The van der Waals surface area contributed by atoms with Crippen molar-refractivity contribution in [1.29, 1.82) is 0 Å².